The van der Waals surface area contributed by atoms with Crippen LogP contribution in [0.1, 0.15) is 31.5 Å². The zero-order chi connectivity index (χ0) is 16.2. The number of benzene rings is 1. The van der Waals surface area contributed by atoms with Crippen LogP contribution in [0.15, 0.2) is 18.2 Å². The highest BCUT2D eigenvalue weighted by molar-refractivity contribution is 5.77. The molecule has 2 aromatic rings. The Hall–Kier alpha value is -1.95. The van der Waals surface area contributed by atoms with Gasteiger partial charge in [0.2, 0.25) is 5.91 Å². The average molecular weight is 319 g/mol. The van der Waals surface area contributed by atoms with E-state index in [9.17, 15) is 9.18 Å². The number of hydrogen-bond donors (Lipinski definition) is 1. The first-order valence-corrected chi connectivity index (χ1v) is 8.13. The molecule has 2 heterocycles. The van der Waals surface area contributed by atoms with Crippen LogP contribution in [0.5, 0.6) is 0 Å². The van der Waals surface area contributed by atoms with Gasteiger partial charge in [-0.05, 0) is 31.4 Å². The summed E-state index contributed by atoms with van der Waals surface area (Å²) in [6, 6.07) is 4.93. The molecule has 1 aromatic carbocycles. The standard InChI is InChI=1S/C17H22FN3O2/c1-21-14-6-2-5-13(18)17(14)20-15(21)9-10-19-16(22)8-7-12-4-3-11-23-12/h2,5-6,12H,3-4,7-11H2,1H3,(H,19,22)/t12-/m0/s1. The molecule has 1 fully saturated rings. The molecule has 23 heavy (non-hydrogen) atoms. The van der Waals surface area contributed by atoms with Crippen molar-refractivity contribution in [1.82, 2.24) is 14.9 Å². The van der Waals surface area contributed by atoms with E-state index in [1.807, 2.05) is 17.7 Å². The second-order valence-corrected chi connectivity index (χ2v) is 5.97. The highest BCUT2D eigenvalue weighted by Crippen LogP contribution is 2.18. The molecule has 1 atom stereocenters. The van der Waals surface area contributed by atoms with Gasteiger partial charge < -0.3 is 14.6 Å². The number of aryl methyl sites for hydroxylation is 1. The van der Waals surface area contributed by atoms with Gasteiger partial charge in [-0.2, -0.15) is 0 Å². The SMILES string of the molecule is Cn1c(CCNC(=O)CC[C@@H]2CCCO2)nc2c(F)cccc21. The van der Waals surface area contributed by atoms with Crippen LogP contribution >= 0.6 is 0 Å². The number of amides is 1. The van der Waals surface area contributed by atoms with Crippen molar-refractivity contribution in [3.63, 3.8) is 0 Å². The topological polar surface area (TPSA) is 56.2 Å². The van der Waals surface area contributed by atoms with Gasteiger partial charge in [-0.1, -0.05) is 6.07 Å². The number of hydrogen-bond acceptors (Lipinski definition) is 3. The molecule has 5 nitrogen and oxygen atoms in total. The van der Waals surface area contributed by atoms with Crippen LogP contribution in [-0.2, 0) is 23.0 Å². The fraction of sp³-hybridized carbons (Fsp3) is 0.529. The van der Waals surface area contributed by atoms with Crippen molar-refractivity contribution in [1.29, 1.82) is 0 Å². The molecule has 0 unspecified atom stereocenters. The van der Waals surface area contributed by atoms with Gasteiger partial charge in [-0.15, -0.1) is 0 Å². The molecule has 1 aliphatic rings. The molecule has 1 N–H and O–H groups in total. The zero-order valence-corrected chi connectivity index (χ0v) is 13.3. The van der Waals surface area contributed by atoms with Crippen molar-refractivity contribution in [2.75, 3.05) is 13.2 Å². The number of aromatic nitrogens is 2. The van der Waals surface area contributed by atoms with Gasteiger partial charge >= 0.3 is 0 Å². The molecule has 124 valence electrons. The second kappa shape index (κ2) is 7.08. The third kappa shape index (κ3) is 3.69. The van der Waals surface area contributed by atoms with Gasteiger partial charge in [0.05, 0.1) is 11.6 Å². The van der Waals surface area contributed by atoms with E-state index in [4.69, 9.17) is 4.74 Å². The molecular formula is C17H22FN3O2. The lowest BCUT2D eigenvalue weighted by Gasteiger charge is -2.09. The Labute approximate surface area is 134 Å². The first-order chi connectivity index (χ1) is 11.1. The van der Waals surface area contributed by atoms with Crippen LogP contribution in [0.4, 0.5) is 4.39 Å². The molecule has 1 aromatic heterocycles. The van der Waals surface area contributed by atoms with E-state index in [0.29, 0.717) is 24.9 Å². The summed E-state index contributed by atoms with van der Waals surface area (Å²) in [6.07, 6.45) is 4.24. The highest BCUT2D eigenvalue weighted by atomic mass is 19.1. The molecule has 1 aliphatic heterocycles. The summed E-state index contributed by atoms with van der Waals surface area (Å²) < 4.78 is 21.1. The van der Waals surface area contributed by atoms with Gasteiger partial charge in [0.15, 0.2) is 5.82 Å². The number of ether oxygens (including phenoxy) is 1. The lowest BCUT2D eigenvalue weighted by molar-refractivity contribution is -0.121. The smallest absolute Gasteiger partial charge is 0.220 e. The average Bonchev–Trinajstić information content (AvgIpc) is 3.16. The normalized spacial score (nSPS) is 17.7. The Balaban J connectivity index is 1.49. The number of rotatable bonds is 6. The Bertz CT molecular complexity index is 692. The molecule has 0 radical (unpaired) electrons. The van der Waals surface area contributed by atoms with E-state index in [-0.39, 0.29) is 17.8 Å². The van der Waals surface area contributed by atoms with Crippen LogP contribution in [0.25, 0.3) is 11.0 Å². The summed E-state index contributed by atoms with van der Waals surface area (Å²) in [4.78, 5) is 16.2. The van der Waals surface area contributed by atoms with Gasteiger partial charge in [-0.25, -0.2) is 9.37 Å². The monoisotopic (exact) mass is 319 g/mol. The van der Waals surface area contributed by atoms with E-state index in [0.717, 1.165) is 37.2 Å². The number of carbonyl (C=O) groups excluding carboxylic acids is 1. The van der Waals surface area contributed by atoms with E-state index in [1.165, 1.54) is 6.07 Å². The van der Waals surface area contributed by atoms with Crippen LogP contribution in [-0.4, -0.2) is 34.7 Å². The number of nitrogens with one attached hydrogen (secondary N) is 1. The van der Waals surface area contributed by atoms with Gasteiger partial charge in [0.1, 0.15) is 11.3 Å². The Kier molecular flexibility index (Phi) is 4.91. The van der Waals surface area contributed by atoms with Crippen molar-refractivity contribution in [2.24, 2.45) is 7.05 Å². The summed E-state index contributed by atoms with van der Waals surface area (Å²) >= 11 is 0. The third-order valence-corrected chi connectivity index (χ3v) is 4.34. The van der Waals surface area contributed by atoms with Gasteiger partial charge in [0, 0.05) is 33.0 Å². The molecule has 6 heteroatoms. The van der Waals surface area contributed by atoms with Crippen molar-refractivity contribution in [3.8, 4) is 0 Å². The van der Waals surface area contributed by atoms with Crippen LogP contribution in [0.2, 0.25) is 0 Å². The number of halogens is 1. The van der Waals surface area contributed by atoms with Crippen LogP contribution < -0.4 is 5.32 Å². The third-order valence-electron chi connectivity index (χ3n) is 4.34. The predicted molar refractivity (Wildman–Crippen MR) is 85.6 cm³/mol. The fourth-order valence-corrected chi connectivity index (χ4v) is 3.02. The first kappa shape index (κ1) is 15.9. The number of fused-ring (bicyclic) bond motifs is 1. The first-order valence-electron chi connectivity index (χ1n) is 8.13. The minimum atomic E-state index is -0.315. The summed E-state index contributed by atoms with van der Waals surface area (Å²) in [5.74, 6) is 0.486. The molecular weight excluding hydrogens is 297 g/mol. The number of para-hydroxylation sites is 1. The Morgan fingerprint density at radius 3 is 3.13 bits per heavy atom. The van der Waals surface area contributed by atoms with Crippen molar-refractivity contribution < 1.29 is 13.9 Å². The summed E-state index contributed by atoms with van der Waals surface area (Å²) in [7, 11) is 1.86. The van der Waals surface area contributed by atoms with Crippen molar-refractivity contribution in [2.45, 2.75) is 38.2 Å². The number of carbonyl (C=O) groups is 1. The molecule has 1 saturated heterocycles. The Morgan fingerprint density at radius 1 is 1.52 bits per heavy atom. The minimum absolute atomic E-state index is 0.0328. The van der Waals surface area contributed by atoms with E-state index in [1.54, 1.807) is 6.07 Å². The summed E-state index contributed by atoms with van der Waals surface area (Å²) in [6.45, 7) is 1.32. The summed E-state index contributed by atoms with van der Waals surface area (Å²) in [5.41, 5.74) is 1.15. The summed E-state index contributed by atoms with van der Waals surface area (Å²) in [5, 5.41) is 2.90. The quantitative estimate of drug-likeness (QED) is 0.889. The molecule has 0 aliphatic carbocycles. The molecule has 3 rings (SSSR count). The van der Waals surface area contributed by atoms with Crippen molar-refractivity contribution >= 4 is 16.9 Å². The minimum Gasteiger partial charge on any atom is -0.378 e. The van der Waals surface area contributed by atoms with Gasteiger partial charge in [0.25, 0.3) is 0 Å². The number of imidazole rings is 1. The largest absolute Gasteiger partial charge is 0.378 e. The van der Waals surface area contributed by atoms with E-state index in [2.05, 4.69) is 10.3 Å². The maximum atomic E-state index is 13.7. The van der Waals surface area contributed by atoms with E-state index < -0.39 is 0 Å². The Morgan fingerprint density at radius 2 is 2.39 bits per heavy atom. The van der Waals surface area contributed by atoms with E-state index >= 15 is 0 Å². The van der Waals surface area contributed by atoms with Crippen molar-refractivity contribution in [3.05, 3.63) is 29.8 Å². The maximum absolute atomic E-state index is 13.7. The number of nitrogens with zero attached hydrogens (tertiary/aromatic N) is 2. The molecule has 0 saturated carbocycles. The molecule has 0 bridgehead atoms. The molecule has 0 spiro atoms. The maximum Gasteiger partial charge on any atom is 0.220 e. The fourth-order valence-electron chi connectivity index (χ4n) is 3.02. The zero-order valence-electron chi connectivity index (χ0n) is 13.3. The second-order valence-electron chi connectivity index (χ2n) is 5.97. The lowest BCUT2D eigenvalue weighted by atomic mass is 10.1. The highest BCUT2D eigenvalue weighted by Gasteiger charge is 2.16. The van der Waals surface area contributed by atoms with Gasteiger partial charge in [-0.3, -0.25) is 4.79 Å². The predicted octanol–water partition coefficient (Wildman–Crippen LogP) is 2.33. The molecule has 1 amide bonds. The lowest BCUT2D eigenvalue weighted by Crippen LogP contribution is -2.27. The van der Waals surface area contributed by atoms with Crippen LogP contribution in [0.3, 0.4) is 0 Å². The van der Waals surface area contributed by atoms with Crippen LogP contribution in [0, 0.1) is 5.82 Å².